The van der Waals surface area contributed by atoms with Crippen LogP contribution in [0.4, 0.5) is 0 Å². The molecule has 0 aliphatic rings. The summed E-state index contributed by atoms with van der Waals surface area (Å²) < 4.78 is 6.77. The molecule has 0 aliphatic carbocycles. The number of esters is 1. The molecule has 0 saturated heterocycles. The zero-order valence-electron chi connectivity index (χ0n) is 17.4. The molecule has 1 N–H and O–H groups in total. The van der Waals surface area contributed by atoms with Gasteiger partial charge in [-0.2, -0.15) is 5.10 Å². The summed E-state index contributed by atoms with van der Waals surface area (Å²) >= 11 is 0. The number of nitrogens with one attached hydrogen (secondary N) is 1. The Morgan fingerprint density at radius 2 is 1.77 bits per heavy atom. The van der Waals surface area contributed by atoms with Crippen molar-refractivity contribution in [2.45, 2.75) is 33.2 Å². The number of hydrogen-bond acceptors (Lipinski definition) is 5. The second kappa shape index (κ2) is 9.82. The van der Waals surface area contributed by atoms with Crippen molar-refractivity contribution in [3.05, 3.63) is 77.9 Å². The third-order valence-corrected chi connectivity index (χ3v) is 4.85. The molecule has 30 heavy (non-hydrogen) atoms. The molecule has 0 unspecified atom stereocenters. The number of carbonyl (C=O) groups is 2. The van der Waals surface area contributed by atoms with Crippen LogP contribution >= 0.6 is 0 Å². The smallest absolute Gasteiger partial charge is 0.338 e. The predicted octanol–water partition coefficient (Wildman–Crippen LogP) is 3.50. The lowest BCUT2D eigenvalue weighted by Gasteiger charge is -2.23. The first-order valence-electron chi connectivity index (χ1n) is 9.98. The average Bonchev–Trinajstić information content (AvgIpc) is 3.31. The molecule has 1 atom stereocenters. The lowest BCUT2D eigenvalue weighted by Crippen LogP contribution is -2.35. The molecule has 3 rings (SSSR count). The van der Waals surface area contributed by atoms with Crippen LogP contribution in [0.25, 0.3) is 5.69 Å². The highest BCUT2D eigenvalue weighted by molar-refractivity contribution is 5.91. The Morgan fingerprint density at radius 1 is 1.07 bits per heavy atom. The van der Waals surface area contributed by atoms with Crippen LogP contribution in [-0.2, 0) is 16.0 Å². The number of carbonyl (C=O) groups excluding carboxylic acids is 2. The molecule has 0 spiro atoms. The van der Waals surface area contributed by atoms with Crippen LogP contribution < -0.4 is 5.32 Å². The van der Waals surface area contributed by atoms with E-state index in [1.54, 1.807) is 35.3 Å². The number of benzene rings is 2. The topological polar surface area (TPSA) is 86.1 Å². The fourth-order valence-corrected chi connectivity index (χ4v) is 3.12. The molecule has 0 aliphatic heterocycles. The first-order chi connectivity index (χ1) is 14.5. The summed E-state index contributed by atoms with van der Waals surface area (Å²) in [6.07, 6.45) is 3.97. The highest BCUT2D eigenvalue weighted by Crippen LogP contribution is 2.22. The van der Waals surface area contributed by atoms with E-state index in [2.05, 4.69) is 34.5 Å². The van der Waals surface area contributed by atoms with E-state index in [9.17, 15) is 9.59 Å². The van der Waals surface area contributed by atoms with Crippen LogP contribution in [0, 0.1) is 5.92 Å². The average molecular weight is 406 g/mol. The van der Waals surface area contributed by atoms with Crippen molar-refractivity contribution in [3.63, 3.8) is 0 Å². The maximum Gasteiger partial charge on any atom is 0.338 e. The maximum absolute atomic E-state index is 12.4. The first kappa shape index (κ1) is 21.2. The van der Waals surface area contributed by atoms with Crippen LogP contribution in [-0.4, -0.2) is 33.2 Å². The lowest BCUT2D eigenvalue weighted by atomic mass is 9.95. The highest BCUT2D eigenvalue weighted by atomic mass is 16.5. The molecule has 0 fully saturated rings. The van der Waals surface area contributed by atoms with Gasteiger partial charge in [-0.25, -0.2) is 14.5 Å². The number of hydrogen-bond donors (Lipinski definition) is 1. The molecule has 7 heteroatoms. The number of amides is 1. The van der Waals surface area contributed by atoms with Gasteiger partial charge in [0.15, 0.2) is 6.61 Å². The summed E-state index contributed by atoms with van der Waals surface area (Å²) in [4.78, 5) is 28.5. The molecule has 1 aromatic heterocycles. The summed E-state index contributed by atoms with van der Waals surface area (Å²) in [5, 5.41) is 7.00. The van der Waals surface area contributed by atoms with Crippen molar-refractivity contribution in [2.24, 2.45) is 5.92 Å². The van der Waals surface area contributed by atoms with E-state index in [0.717, 1.165) is 17.7 Å². The van der Waals surface area contributed by atoms with Crippen molar-refractivity contribution < 1.29 is 14.3 Å². The number of nitrogens with zero attached hydrogens (tertiary/aromatic N) is 3. The third-order valence-electron chi connectivity index (χ3n) is 4.85. The van der Waals surface area contributed by atoms with Gasteiger partial charge in [0.05, 0.1) is 17.3 Å². The summed E-state index contributed by atoms with van der Waals surface area (Å²) in [6.45, 7) is 5.86. The zero-order chi connectivity index (χ0) is 21.5. The van der Waals surface area contributed by atoms with E-state index in [0.29, 0.717) is 5.56 Å². The molecule has 7 nitrogen and oxygen atoms in total. The van der Waals surface area contributed by atoms with Crippen molar-refractivity contribution >= 4 is 11.9 Å². The molecular formula is C23H26N4O3. The van der Waals surface area contributed by atoms with E-state index in [4.69, 9.17) is 4.74 Å². The fourth-order valence-electron chi connectivity index (χ4n) is 3.12. The van der Waals surface area contributed by atoms with Gasteiger partial charge in [-0.05, 0) is 47.7 Å². The van der Waals surface area contributed by atoms with E-state index >= 15 is 0 Å². The van der Waals surface area contributed by atoms with Crippen LogP contribution in [0.2, 0.25) is 0 Å². The quantitative estimate of drug-likeness (QED) is 0.579. The lowest BCUT2D eigenvalue weighted by molar-refractivity contribution is -0.125. The van der Waals surface area contributed by atoms with Crippen molar-refractivity contribution in [1.82, 2.24) is 20.1 Å². The largest absolute Gasteiger partial charge is 0.452 e. The second-order valence-electron chi connectivity index (χ2n) is 7.35. The van der Waals surface area contributed by atoms with Gasteiger partial charge in [0, 0.05) is 0 Å². The van der Waals surface area contributed by atoms with Gasteiger partial charge in [0.25, 0.3) is 5.91 Å². The van der Waals surface area contributed by atoms with Gasteiger partial charge >= 0.3 is 5.97 Å². The Labute approximate surface area is 176 Å². The van der Waals surface area contributed by atoms with Crippen molar-refractivity contribution in [2.75, 3.05) is 6.61 Å². The van der Waals surface area contributed by atoms with Crippen LogP contribution in [0.15, 0.2) is 61.2 Å². The van der Waals surface area contributed by atoms with Gasteiger partial charge in [-0.3, -0.25) is 4.79 Å². The van der Waals surface area contributed by atoms with Gasteiger partial charge in [-0.15, -0.1) is 0 Å². The maximum atomic E-state index is 12.4. The Hall–Kier alpha value is -3.48. The molecule has 1 amide bonds. The van der Waals surface area contributed by atoms with Crippen molar-refractivity contribution in [1.29, 1.82) is 0 Å². The van der Waals surface area contributed by atoms with Gasteiger partial charge < -0.3 is 10.1 Å². The Morgan fingerprint density at radius 3 is 2.33 bits per heavy atom. The Kier molecular flexibility index (Phi) is 6.95. The number of aryl methyl sites for hydroxylation is 1. The zero-order valence-corrected chi connectivity index (χ0v) is 17.4. The first-order valence-corrected chi connectivity index (χ1v) is 9.98. The van der Waals surface area contributed by atoms with Crippen LogP contribution in [0.3, 0.4) is 0 Å². The predicted molar refractivity (Wildman–Crippen MR) is 113 cm³/mol. The number of aromatic nitrogens is 3. The summed E-state index contributed by atoms with van der Waals surface area (Å²) in [5.74, 6) is -0.689. The molecule has 1 heterocycles. The molecule has 2 aromatic carbocycles. The Balaban J connectivity index is 1.56. The van der Waals surface area contributed by atoms with E-state index in [1.165, 1.54) is 11.9 Å². The van der Waals surface area contributed by atoms with Crippen LogP contribution in [0.5, 0.6) is 0 Å². The van der Waals surface area contributed by atoms with Gasteiger partial charge in [0.2, 0.25) is 0 Å². The Bertz CT molecular complexity index is 965. The highest BCUT2D eigenvalue weighted by Gasteiger charge is 2.19. The van der Waals surface area contributed by atoms with Gasteiger partial charge in [0.1, 0.15) is 12.7 Å². The minimum Gasteiger partial charge on any atom is -0.452 e. The molecule has 3 aromatic rings. The number of rotatable bonds is 8. The SMILES string of the molecule is CCc1ccc([C@H](NC(=O)COC(=O)c2ccc(-n3cncn3)cc2)C(C)C)cc1. The second-order valence-corrected chi connectivity index (χ2v) is 7.35. The molecule has 156 valence electrons. The monoisotopic (exact) mass is 406 g/mol. The molecule has 0 saturated carbocycles. The summed E-state index contributed by atoms with van der Waals surface area (Å²) in [6, 6.07) is 14.8. The minimum atomic E-state index is -0.552. The van der Waals surface area contributed by atoms with Crippen LogP contribution in [0.1, 0.15) is 48.3 Å². The summed E-state index contributed by atoms with van der Waals surface area (Å²) in [5.41, 5.74) is 3.42. The summed E-state index contributed by atoms with van der Waals surface area (Å²) in [7, 11) is 0. The normalized spacial score (nSPS) is 11.9. The van der Waals surface area contributed by atoms with Gasteiger partial charge in [-0.1, -0.05) is 45.0 Å². The third kappa shape index (κ3) is 5.31. The number of ether oxygens (including phenoxy) is 1. The van der Waals surface area contributed by atoms with Crippen molar-refractivity contribution in [3.8, 4) is 5.69 Å². The fraction of sp³-hybridized carbons (Fsp3) is 0.304. The molecular weight excluding hydrogens is 380 g/mol. The standard InChI is InChI=1S/C23H26N4O3/c1-4-17-5-7-18(8-6-17)22(16(2)3)26-21(28)13-30-23(29)19-9-11-20(12-10-19)27-15-24-14-25-27/h5-12,14-16,22H,4,13H2,1-3H3,(H,26,28)/t22-/m1/s1. The minimum absolute atomic E-state index is 0.149. The van der Waals surface area contributed by atoms with E-state index < -0.39 is 5.97 Å². The van der Waals surface area contributed by atoms with E-state index in [-0.39, 0.29) is 24.5 Å². The molecule has 0 radical (unpaired) electrons. The molecule has 0 bridgehead atoms. The van der Waals surface area contributed by atoms with E-state index in [1.807, 2.05) is 26.0 Å².